The molecule has 0 aliphatic rings. The zero-order chi connectivity index (χ0) is 9.14. The van der Waals surface area contributed by atoms with Crippen LogP contribution in [0, 0.1) is 0 Å². The maximum atomic E-state index is 10.9. The smallest absolute Gasteiger partial charge is 0.159 e. The molecule has 2 nitrogen and oxygen atoms in total. The van der Waals surface area contributed by atoms with E-state index in [4.69, 9.17) is 16.3 Å². The third-order valence-corrected chi connectivity index (χ3v) is 1.85. The van der Waals surface area contributed by atoms with Crippen LogP contribution in [0.25, 0.3) is 0 Å². The lowest BCUT2D eigenvalue weighted by Crippen LogP contribution is -1.92. The van der Waals surface area contributed by atoms with Gasteiger partial charge in [0.1, 0.15) is 5.75 Å². The highest BCUT2D eigenvalue weighted by molar-refractivity contribution is 6.32. The fraction of sp³-hybridized carbons (Fsp3) is 0.222. The van der Waals surface area contributed by atoms with Gasteiger partial charge >= 0.3 is 0 Å². The van der Waals surface area contributed by atoms with Gasteiger partial charge in [-0.05, 0) is 25.1 Å². The van der Waals surface area contributed by atoms with Gasteiger partial charge in [-0.1, -0.05) is 11.6 Å². The number of carbonyl (C=O) groups is 1. The van der Waals surface area contributed by atoms with E-state index in [-0.39, 0.29) is 5.78 Å². The first-order valence-corrected chi connectivity index (χ1v) is 3.87. The number of hydrogen-bond donors (Lipinski definition) is 0. The van der Waals surface area contributed by atoms with Crippen molar-refractivity contribution in [3.05, 3.63) is 28.8 Å². The normalized spacial score (nSPS) is 9.58. The van der Waals surface area contributed by atoms with Gasteiger partial charge in [-0.25, -0.2) is 0 Å². The molecule has 1 rings (SSSR count). The molecule has 1 aromatic carbocycles. The van der Waals surface area contributed by atoms with Gasteiger partial charge in [-0.15, -0.1) is 0 Å². The predicted octanol–water partition coefficient (Wildman–Crippen LogP) is 2.55. The van der Waals surface area contributed by atoms with E-state index < -0.39 is 0 Å². The molecule has 0 aliphatic heterocycles. The molecule has 0 aromatic heterocycles. The van der Waals surface area contributed by atoms with Gasteiger partial charge in [0.05, 0.1) is 12.1 Å². The number of ketones is 1. The van der Waals surface area contributed by atoms with E-state index in [2.05, 4.69) is 0 Å². The molecular formula is C9H9ClO2. The fourth-order valence-corrected chi connectivity index (χ4v) is 1.14. The van der Waals surface area contributed by atoms with Gasteiger partial charge in [-0.3, -0.25) is 4.79 Å². The molecule has 0 saturated carbocycles. The van der Waals surface area contributed by atoms with Crippen LogP contribution in [0.5, 0.6) is 5.75 Å². The Hall–Kier alpha value is -1.02. The number of halogens is 1. The molecule has 0 heterocycles. The lowest BCUT2D eigenvalue weighted by Gasteiger charge is -2.02. The zero-order valence-corrected chi connectivity index (χ0v) is 7.68. The van der Waals surface area contributed by atoms with Crippen LogP contribution in [0.2, 0.25) is 5.02 Å². The van der Waals surface area contributed by atoms with Crippen LogP contribution >= 0.6 is 11.6 Å². The number of carbonyl (C=O) groups excluding carboxylic acids is 1. The molecule has 0 amide bonds. The third kappa shape index (κ3) is 1.77. The molecule has 64 valence electrons. The molecule has 0 unspecified atom stereocenters. The monoisotopic (exact) mass is 184 g/mol. The summed E-state index contributed by atoms with van der Waals surface area (Å²) in [7, 11) is 1.54. The molecule has 0 N–H and O–H groups in total. The van der Waals surface area contributed by atoms with E-state index in [0.29, 0.717) is 16.3 Å². The van der Waals surface area contributed by atoms with Crippen molar-refractivity contribution >= 4 is 17.4 Å². The van der Waals surface area contributed by atoms with Crippen molar-refractivity contribution in [2.24, 2.45) is 0 Å². The van der Waals surface area contributed by atoms with E-state index in [1.54, 1.807) is 18.2 Å². The molecule has 0 bridgehead atoms. The third-order valence-electron chi connectivity index (χ3n) is 1.56. The minimum atomic E-state index is -0.000414. The Labute approximate surface area is 76.1 Å². The number of rotatable bonds is 2. The molecular weight excluding hydrogens is 176 g/mol. The van der Waals surface area contributed by atoms with Crippen LogP contribution in [0.1, 0.15) is 17.3 Å². The molecule has 1 aromatic rings. The van der Waals surface area contributed by atoms with Crippen LogP contribution in [-0.4, -0.2) is 12.9 Å². The lowest BCUT2D eigenvalue weighted by atomic mass is 10.1. The average molecular weight is 185 g/mol. The first-order valence-electron chi connectivity index (χ1n) is 3.49. The Kier molecular flexibility index (Phi) is 2.71. The predicted molar refractivity (Wildman–Crippen MR) is 48.0 cm³/mol. The van der Waals surface area contributed by atoms with Crippen LogP contribution < -0.4 is 4.74 Å². The Bertz CT molecular complexity index is 307. The first kappa shape index (κ1) is 9.07. The Morgan fingerprint density at radius 3 is 2.58 bits per heavy atom. The standard InChI is InChI=1S/C9H9ClO2/c1-6(11)7-3-4-9(12-2)8(10)5-7/h3-5H,1-2H3. The van der Waals surface area contributed by atoms with Crippen molar-refractivity contribution in [1.29, 1.82) is 0 Å². The van der Waals surface area contributed by atoms with Crippen molar-refractivity contribution in [3.8, 4) is 5.75 Å². The number of benzene rings is 1. The molecule has 0 atom stereocenters. The molecule has 0 spiro atoms. The highest BCUT2D eigenvalue weighted by Gasteiger charge is 2.03. The summed E-state index contributed by atoms with van der Waals surface area (Å²) in [6.45, 7) is 1.50. The molecule has 12 heavy (non-hydrogen) atoms. The minimum absolute atomic E-state index is 0.000414. The van der Waals surface area contributed by atoms with Crippen molar-refractivity contribution in [2.45, 2.75) is 6.92 Å². The zero-order valence-electron chi connectivity index (χ0n) is 6.93. The highest BCUT2D eigenvalue weighted by atomic mass is 35.5. The topological polar surface area (TPSA) is 26.3 Å². The van der Waals surface area contributed by atoms with E-state index in [9.17, 15) is 4.79 Å². The first-order chi connectivity index (χ1) is 5.65. The highest BCUT2D eigenvalue weighted by Crippen LogP contribution is 2.24. The Morgan fingerprint density at radius 1 is 1.50 bits per heavy atom. The molecule has 0 radical (unpaired) electrons. The van der Waals surface area contributed by atoms with E-state index in [0.717, 1.165) is 0 Å². The molecule has 0 aliphatic carbocycles. The second-order valence-corrected chi connectivity index (χ2v) is 2.81. The van der Waals surface area contributed by atoms with Gasteiger partial charge in [0.15, 0.2) is 5.78 Å². The number of methoxy groups -OCH3 is 1. The van der Waals surface area contributed by atoms with Gasteiger partial charge in [0.25, 0.3) is 0 Å². The summed E-state index contributed by atoms with van der Waals surface area (Å²) in [5, 5.41) is 0.463. The van der Waals surface area contributed by atoms with Crippen molar-refractivity contribution in [2.75, 3.05) is 7.11 Å². The SMILES string of the molecule is COc1ccc(C(C)=O)cc1Cl. The molecule has 3 heteroatoms. The minimum Gasteiger partial charge on any atom is -0.495 e. The molecule has 0 fully saturated rings. The quantitative estimate of drug-likeness (QED) is 0.661. The summed E-state index contributed by atoms with van der Waals surface area (Å²) in [6, 6.07) is 4.97. The van der Waals surface area contributed by atoms with Crippen LogP contribution in [0.15, 0.2) is 18.2 Å². The Balaban J connectivity index is 3.10. The Morgan fingerprint density at radius 2 is 2.17 bits per heavy atom. The van der Waals surface area contributed by atoms with Crippen molar-refractivity contribution < 1.29 is 9.53 Å². The average Bonchev–Trinajstić information content (AvgIpc) is 2.04. The van der Waals surface area contributed by atoms with Gasteiger partial charge < -0.3 is 4.74 Å². The van der Waals surface area contributed by atoms with E-state index in [1.165, 1.54) is 14.0 Å². The summed E-state index contributed by atoms with van der Waals surface area (Å²) in [6.07, 6.45) is 0. The molecule has 0 saturated heterocycles. The number of Topliss-reactive ketones (excluding diaryl/α,β-unsaturated/α-hetero) is 1. The van der Waals surface area contributed by atoms with Gasteiger partial charge in [-0.2, -0.15) is 0 Å². The van der Waals surface area contributed by atoms with Crippen LogP contribution in [-0.2, 0) is 0 Å². The maximum absolute atomic E-state index is 10.9. The van der Waals surface area contributed by atoms with E-state index >= 15 is 0 Å². The van der Waals surface area contributed by atoms with E-state index in [1.807, 2.05) is 0 Å². The second-order valence-electron chi connectivity index (χ2n) is 2.41. The van der Waals surface area contributed by atoms with Gasteiger partial charge in [0.2, 0.25) is 0 Å². The second kappa shape index (κ2) is 3.59. The van der Waals surface area contributed by atoms with Crippen molar-refractivity contribution in [3.63, 3.8) is 0 Å². The van der Waals surface area contributed by atoms with Crippen LogP contribution in [0.3, 0.4) is 0 Å². The fourth-order valence-electron chi connectivity index (χ4n) is 0.885. The van der Waals surface area contributed by atoms with Crippen LogP contribution in [0.4, 0.5) is 0 Å². The summed E-state index contributed by atoms with van der Waals surface area (Å²) >= 11 is 5.80. The summed E-state index contributed by atoms with van der Waals surface area (Å²) in [5.74, 6) is 0.584. The summed E-state index contributed by atoms with van der Waals surface area (Å²) in [5.41, 5.74) is 0.598. The van der Waals surface area contributed by atoms with Crippen molar-refractivity contribution in [1.82, 2.24) is 0 Å². The summed E-state index contributed by atoms with van der Waals surface area (Å²) < 4.78 is 4.94. The number of ether oxygens (including phenoxy) is 1. The maximum Gasteiger partial charge on any atom is 0.159 e. The lowest BCUT2D eigenvalue weighted by molar-refractivity contribution is 0.101. The largest absolute Gasteiger partial charge is 0.495 e. The van der Waals surface area contributed by atoms with Gasteiger partial charge in [0, 0.05) is 5.56 Å². The number of hydrogen-bond acceptors (Lipinski definition) is 2. The summed E-state index contributed by atoms with van der Waals surface area (Å²) in [4.78, 5) is 10.9.